The number of aryl methyl sites for hydroxylation is 2. The molecule has 0 N–H and O–H groups in total. The zero-order valence-electron chi connectivity index (χ0n) is 16.8. The first-order valence-corrected chi connectivity index (χ1v) is 10.4. The van der Waals surface area contributed by atoms with Gasteiger partial charge in [-0.2, -0.15) is 0 Å². The molecule has 5 nitrogen and oxygen atoms in total. The molecule has 0 atom stereocenters. The summed E-state index contributed by atoms with van der Waals surface area (Å²) in [5.41, 5.74) is 2.75. The van der Waals surface area contributed by atoms with Crippen molar-refractivity contribution < 1.29 is 4.79 Å². The van der Waals surface area contributed by atoms with E-state index in [1.54, 1.807) is 18.2 Å². The van der Waals surface area contributed by atoms with Gasteiger partial charge in [-0.3, -0.25) is 4.79 Å². The number of aromatic nitrogens is 2. The number of carbonyl (C=O) groups is 1. The van der Waals surface area contributed by atoms with Gasteiger partial charge in [-0.25, -0.2) is 9.97 Å². The minimum atomic E-state index is -0.0367. The minimum Gasteiger partial charge on any atom is -0.354 e. The SMILES string of the molecule is Cc1nc(C)c(C(C)C)c(N2CCCN(C(=O)c3cc(Cl)cc(Cl)c3)CC2)n1. The number of hydrogen-bond donors (Lipinski definition) is 0. The van der Waals surface area contributed by atoms with Crippen molar-refractivity contribution in [3.63, 3.8) is 0 Å². The first kappa shape index (κ1) is 20.9. The molecule has 1 aromatic carbocycles. The summed E-state index contributed by atoms with van der Waals surface area (Å²) in [5, 5.41) is 0.946. The number of rotatable bonds is 3. The number of hydrogen-bond acceptors (Lipinski definition) is 4. The predicted octanol–water partition coefficient (Wildman–Crippen LogP) is 4.88. The third-order valence-corrected chi connectivity index (χ3v) is 5.43. The summed E-state index contributed by atoms with van der Waals surface area (Å²) in [6, 6.07) is 4.98. The molecule has 0 unspecified atom stereocenters. The molecule has 2 aromatic rings. The van der Waals surface area contributed by atoms with Crippen LogP contribution in [0.15, 0.2) is 18.2 Å². The Balaban J connectivity index is 1.81. The zero-order chi connectivity index (χ0) is 20.4. The largest absolute Gasteiger partial charge is 0.354 e. The van der Waals surface area contributed by atoms with Gasteiger partial charge in [-0.15, -0.1) is 0 Å². The molecule has 1 aliphatic rings. The van der Waals surface area contributed by atoms with Gasteiger partial charge in [-0.05, 0) is 44.4 Å². The molecule has 1 aromatic heterocycles. The fourth-order valence-corrected chi connectivity index (χ4v) is 4.34. The second-order valence-corrected chi connectivity index (χ2v) is 8.41. The summed E-state index contributed by atoms with van der Waals surface area (Å²) in [6.07, 6.45) is 0.875. The van der Waals surface area contributed by atoms with E-state index in [0.717, 1.165) is 36.8 Å². The van der Waals surface area contributed by atoms with Gasteiger partial charge < -0.3 is 9.80 Å². The molecule has 0 spiro atoms. The van der Waals surface area contributed by atoms with Crippen molar-refractivity contribution in [3.8, 4) is 0 Å². The van der Waals surface area contributed by atoms with E-state index in [9.17, 15) is 4.79 Å². The first-order chi connectivity index (χ1) is 13.3. The highest BCUT2D eigenvalue weighted by Crippen LogP contribution is 2.29. The Morgan fingerprint density at radius 2 is 1.68 bits per heavy atom. The maximum atomic E-state index is 12.9. The molecule has 1 amide bonds. The van der Waals surface area contributed by atoms with Crippen molar-refractivity contribution in [1.29, 1.82) is 0 Å². The summed E-state index contributed by atoms with van der Waals surface area (Å²) >= 11 is 12.1. The summed E-state index contributed by atoms with van der Waals surface area (Å²) in [5.74, 6) is 2.08. The van der Waals surface area contributed by atoms with E-state index in [-0.39, 0.29) is 5.91 Å². The smallest absolute Gasteiger partial charge is 0.254 e. The molecule has 0 saturated carbocycles. The summed E-state index contributed by atoms with van der Waals surface area (Å²) in [6.45, 7) is 11.2. The quantitative estimate of drug-likeness (QED) is 0.709. The number of halogens is 2. The molecule has 0 bridgehead atoms. The number of nitrogens with zero attached hydrogens (tertiary/aromatic N) is 4. The van der Waals surface area contributed by atoms with Gasteiger partial charge in [0.1, 0.15) is 11.6 Å². The fourth-order valence-electron chi connectivity index (χ4n) is 3.81. The van der Waals surface area contributed by atoms with Crippen molar-refractivity contribution in [3.05, 3.63) is 50.9 Å². The third-order valence-electron chi connectivity index (χ3n) is 5.00. The average Bonchev–Trinajstić information content (AvgIpc) is 2.85. The van der Waals surface area contributed by atoms with E-state index in [2.05, 4.69) is 23.7 Å². The minimum absolute atomic E-state index is 0.0367. The van der Waals surface area contributed by atoms with Crippen molar-refractivity contribution in [2.45, 2.75) is 40.0 Å². The second kappa shape index (κ2) is 8.66. The lowest BCUT2D eigenvalue weighted by atomic mass is 10.0. The van der Waals surface area contributed by atoms with Gasteiger partial charge in [0.25, 0.3) is 5.91 Å². The Hall–Kier alpha value is -1.85. The molecule has 2 heterocycles. The van der Waals surface area contributed by atoms with Crippen LogP contribution < -0.4 is 4.90 Å². The molecule has 150 valence electrons. The Kier molecular flexibility index (Phi) is 6.46. The highest BCUT2D eigenvalue weighted by atomic mass is 35.5. The van der Waals surface area contributed by atoms with Crippen LogP contribution in [0.1, 0.15) is 53.6 Å². The molecule has 28 heavy (non-hydrogen) atoms. The molecule has 1 fully saturated rings. The van der Waals surface area contributed by atoms with Crippen LogP contribution in [0.2, 0.25) is 10.0 Å². The van der Waals surface area contributed by atoms with E-state index >= 15 is 0 Å². The fraction of sp³-hybridized carbons (Fsp3) is 0.476. The number of anilines is 1. The predicted molar refractivity (Wildman–Crippen MR) is 115 cm³/mol. The highest BCUT2D eigenvalue weighted by molar-refractivity contribution is 6.35. The van der Waals surface area contributed by atoms with Crippen LogP contribution in [0.4, 0.5) is 5.82 Å². The van der Waals surface area contributed by atoms with Crippen LogP contribution in [0, 0.1) is 13.8 Å². The standard InChI is InChI=1S/C21H26Cl2N4O/c1-13(2)19-14(3)24-15(4)25-20(19)26-6-5-7-27(9-8-26)21(28)16-10-17(22)12-18(23)11-16/h10-13H,5-9H2,1-4H3. The lowest BCUT2D eigenvalue weighted by Crippen LogP contribution is -2.35. The van der Waals surface area contributed by atoms with Gasteiger partial charge >= 0.3 is 0 Å². The number of amides is 1. The van der Waals surface area contributed by atoms with Crippen molar-refractivity contribution >= 4 is 34.9 Å². The molecule has 0 radical (unpaired) electrons. The third kappa shape index (κ3) is 4.58. The summed E-state index contributed by atoms with van der Waals surface area (Å²) < 4.78 is 0. The molecular weight excluding hydrogens is 395 g/mol. The lowest BCUT2D eigenvalue weighted by Gasteiger charge is -2.27. The first-order valence-electron chi connectivity index (χ1n) is 9.61. The van der Waals surface area contributed by atoms with Crippen LogP contribution >= 0.6 is 23.2 Å². The average molecular weight is 421 g/mol. The Morgan fingerprint density at radius 3 is 2.32 bits per heavy atom. The van der Waals surface area contributed by atoms with Crippen LogP contribution in [0.3, 0.4) is 0 Å². The van der Waals surface area contributed by atoms with Gasteiger partial charge in [0.05, 0.1) is 0 Å². The van der Waals surface area contributed by atoms with E-state index in [0.29, 0.717) is 34.6 Å². The number of benzene rings is 1. The molecule has 1 aliphatic heterocycles. The Labute approximate surface area is 176 Å². The summed E-state index contributed by atoms with van der Waals surface area (Å²) in [7, 11) is 0. The van der Waals surface area contributed by atoms with Crippen molar-refractivity contribution in [1.82, 2.24) is 14.9 Å². The van der Waals surface area contributed by atoms with E-state index in [4.69, 9.17) is 28.2 Å². The Bertz CT molecular complexity index is 865. The molecule has 3 rings (SSSR count). The molecule has 0 aliphatic carbocycles. The highest BCUT2D eigenvalue weighted by Gasteiger charge is 2.24. The second-order valence-electron chi connectivity index (χ2n) is 7.54. The number of carbonyl (C=O) groups excluding carboxylic acids is 1. The Morgan fingerprint density at radius 1 is 1.00 bits per heavy atom. The van der Waals surface area contributed by atoms with Crippen LogP contribution in [-0.4, -0.2) is 47.0 Å². The van der Waals surface area contributed by atoms with Crippen molar-refractivity contribution in [2.75, 3.05) is 31.1 Å². The van der Waals surface area contributed by atoms with E-state index < -0.39 is 0 Å². The normalized spacial score (nSPS) is 15.1. The molecular formula is C21H26Cl2N4O. The van der Waals surface area contributed by atoms with E-state index in [1.807, 2.05) is 18.7 Å². The van der Waals surface area contributed by atoms with Gasteiger partial charge in [-0.1, -0.05) is 37.0 Å². The molecule has 1 saturated heterocycles. The summed E-state index contributed by atoms with van der Waals surface area (Å²) in [4.78, 5) is 26.4. The van der Waals surface area contributed by atoms with Gasteiger partial charge in [0.15, 0.2) is 0 Å². The van der Waals surface area contributed by atoms with Gasteiger partial charge in [0.2, 0.25) is 0 Å². The maximum Gasteiger partial charge on any atom is 0.254 e. The maximum absolute atomic E-state index is 12.9. The van der Waals surface area contributed by atoms with E-state index in [1.165, 1.54) is 5.56 Å². The van der Waals surface area contributed by atoms with Crippen LogP contribution in [0.25, 0.3) is 0 Å². The van der Waals surface area contributed by atoms with Crippen LogP contribution in [-0.2, 0) is 0 Å². The van der Waals surface area contributed by atoms with Gasteiger partial charge in [0, 0.05) is 53.0 Å². The molecule has 7 heteroatoms. The zero-order valence-corrected chi connectivity index (χ0v) is 18.3. The van der Waals surface area contributed by atoms with Crippen LogP contribution in [0.5, 0.6) is 0 Å². The van der Waals surface area contributed by atoms with Crippen molar-refractivity contribution in [2.24, 2.45) is 0 Å². The topological polar surface area (TPSA) is 49.3 Å². The monoisotopic (exact) mass is 420 g/mol. The lowest BCUT2D eigenvalue weighted by molar-refractivity contribution is 0.0767.